The molecule has 0 bridgehead atoms. The van der Waals surface area contributed by atoms with Crippen molar-refractivity contribution < 1.29 is 19.1 Å². The van der Waals surface area contributed by atoms with E-state index in [4.69, 9.17) is 9.47 Å². The Morgan fingerprint density at radius 3 is 2.74 bits per heavy atom. The lowest BCUT2D eigenvalue weighted by Gasteiger charge is -2.35. The molecule has 2 rings (SSSR count). The molecule has 1 saturated heterocycles. The Bertz CT molecular complexity index is 577. The number of rotatable bonds is 3. The number of ketones is 1. The molecule has 1 unspecified atom stereocenters. The summed E-state index contributed by atoms with van der Waals surface area (Å²) in [6.07, 6.45) is 0.392. The first-order valence-corrected chi connectivity index (χ1v) is 8.02. The first-order chi connectivity index (χ1) is 10.8. The van der Waals surface area contributed by atoms with E-state index in [-0.39, 0.29) is 12.4 Å². The summed E-state index contributed by atoms with van der Waals surface area (Å²) in [7, 11) is 0. The Morgan fingerprint density at radius 1 is 1.35 bits per heavy atom. The summed E-state index contributed by atoms with van der Waals surface area (Å²) in [5.41, 5.74) is 1.11. The van der Waals surface area contributed by atoms with Crippen molar-refractivity contribution in [3.63, 3.8) is 0 Å². The molecule has 1 aliphatic heterocycles. The lowest BCUT2D eigenvalue weighted by molar-refractivity contribution is -0.0265. The van der Waals surface area contributed by atoms with Gasteiger partial charge in [0.1, 0.15) is 11.6 Å². The molecule has 1 amide bonds. The molecule has 1 aromatic carbocycles. The highest BCUT2D eigenvalue weighted by Gasteiger charge is 2.35. The van der Waals surface area contributed by atoms with Crippen LogP contribution < -0.4 is 0 Å². The van der Waals surface area contributed by atoms with Gasteiger partial charge in [-0.25, -0.2) is 4.79 Å². The zero-order chi connectivity index (χ0) is 17.0. The second-order valence-electron chi connectivity index (χ2n) is 6.68. The number of amides is 1. The second kappa shape index (κ2) is 7.13. The fourth-order valence-electron chi connectivity index (χ4n) is 2.50. The van der Waals surface area contributed by atoms with E-state index in [1.54, 1.807) is 6.07 Å². The van der Waals surface area contributed by atoms with Crippen LogP contribution in [0.2, 0.25) is 0 Å². The van der Waals surface area contributed by atoms with Gasteiger partial charge in [0.05, 0.1) is 13.2 Å². The van der Waals surface area contributed by atoms with Crippen LogP contribution in [0.5, 0.6) is 0 Å². The van der Waals surface area contributed by atoms with Crippen molar-refractivity contribution in [3.8, 4) is 0 Å². The van der Waals surface area contributed by atoms with Crippen LogP contribution >= 0.6 is 0 Å². The molecule has 0 spiro atoms. The fourth-order valence-corrected chi connectivity index (χ4v) is 2.50. The predicted molar refractivity (Wildman–Crippen MR) is 87.7 cm³/mol. The van der Waals surface area contributed by atoms with Crippen LogP contribution in [0.15, 0.2) is 24.3 Å². The zero-order valence-corrected chi connectivity index (χ0v) is 14.3. The van der Waals surface area contributed by atoms with Gasteiger partial charge in [-0.2, -0.15) is 0 Å². The maximum Gasteiger partial charge on any atom is 0.411 e. The van der Waals surface area contributed by atoms with Crippen LogP contribution in [0.25, 0.3) is 0 Å². The summed E-state index contributed by atoms with van der Waals surface area (Å²) in [6, 6.07) is 6.88. The van der Waals surface area contributed by atoms with Gasteiger partial charge >= 0.3 is 6.09 Å². The van der Waals surface area contributed by atoms with Gasteiger partial charge in [0.25, 0.3) is 0 Å². The smallest absolute Gasteiger partial charge is 0.411 e. The number of morpholine rings is 1. The highest BCUT2D eigenvalue weighted by atomic mass is 16.6. The molecule has 0 radical (unpaired) electrons. The monoisotopic (exact) mass is 319 g/mol. The Labute approximate surface area is 137 Å². The summed E-state index contributed by atoms with van der Waals surface area (Å²) >= 11 is 0. The number of ether oxygens (including phenoxy) is 2. The van der Waals surface area contributed by atoms with Gasteiger partial charge < -0.3 is 9.47 Å². The number of Topliss-reactive ketones (excluding diaryl/α,β-unsaturated/α-hetero) is 1. The largest absolute Gasteiger partial charge is 0.444 e. The number of hydrogen-bond donors (Lipinski definition) is 0. The van der Waals surface area contributed by atoms with E-state index in [1.165, 1.54) is 4.90 Å². The molecule has 1 aromatic rings. The Hall–Kier alpha value is -1.88. The average Bonchev–Trinajstić information content (AvgIpc) is 2.52. The summed E-state index contributed by atoms with van der Waals surface area (Å²) in [6.45, 7) is 8.46. The number of aryl methyl sites for hydroxylation is 1. The molecule has 0 aliphatic carbocycles. The maximum atomic E-state index is 12.8. The predicted octanol–water partition coefficient (Wildman–Crippen LogP) is 3.07. The number of hydrogen-bond acceptors (Lipinski definition) is 4. The van der Waals surface area contributed by atoms with E-state index in [0.717, 1.165) is 12.0 Å². The van der Waals surface area contributed by atoms with Crippen LogP contribution in [-0.2, 0) is 15.9 Å². The highest BCUT2D eigenvalue weighted by Crippen LogP contribution is 2.18. The number of carbonyl (C=O) groups is 2. The minimum atomic E-state index is -0.634. The molecule has 1 heterocycles. The summed E-state index contributed by atoms with van der Waals surface area (Å²) < 4.78 is 10.8. The lowest BCUT2D eigenvalue weighted by atomic mass is 10.00. The average molecular weight is 319 g/mol. The van der Waals surface area contributed by atoms with E-state index in [2.05, 4.69) is 0 Å². The molecule has 0 aromatic heterocycles. The van der Waals surface area contributed by atoms with E-state index < -0.39 is 17.7 Å². The standard InChI is InChI=1S/C18H25NO4/c1-5-13-7-6-8-14(11-13)16(20)15-12-22-10-9-19(15)17(21)23-18(2,3)4/h6-8,11,15H,5,9-10,12H2,1-4H3. The third-order valence-corrected chi connectivity index (χ3v) is 3.68. The van der Waals surface area contributed by atoms with E-state index >= 15 is 0 Å². The Morgan fingerprint density at radius 2 is 2.09 bits per heavy atom. The van der Waals surface area contributed by atoms with Gasteiger partial charge in [-0.05, 0) is 38.8 Å². The normalized spacial score (nSPS) is 18.6. The van der Waals surface area contributed by atoms with Crippen molar-refractivity contribution >= 4 is 11.9 Å². The molecule has 23 heavy (non-hydrogen) atoms. The summed E-state index contributed by atoms with van der Waals surface area (Å²) in [5, 5.41) is 0. The minimum Gasteiger partial charge on any atom is -0.444 e. The van der Waals surface area contributed by atoms with Crippen molar-refractivity contribution in [2.24, 2.45) is 0 Å². The highest BCUT2D eigenvalue weighted by molar-refractivity contribution is 6.01. The van der Waals surface area contributed by atoms with Gasteiger partial charge in [-0.15, -0.1) is 0 Å². The minimum absolute atomic E-state index is 0.106. The molecule has 0 N–H and O–H groups in total. The van der Waals surface area contributed by atoms with E-state index in [0.29, 0.717) is 18.7 Å². The maximum absolute atomic E-state index is 12.8. The van der Waals surface area contributed by atoms with Crippen molar-refractivity contribution in [1.82, 2.24) is 4.90 Å². The van der Waals surface area contributed by atoms with Gasteiger partial charge in [0.2, 0.25) is 0 Å². The van der Waals surface area contributed by atoms with Crippen LogP contribution in [0.1, 0.15) is 43.6 Å². The number of carbonyl (C=O) groups excluding carboxylic acids is 2. The third kappa shape index (κ3) is 4.55. The molecule has 1 atom stereocenters. The quantitative estimate of drug-likeness (QED) is 0.804. The second-order valence-corrected chi connectivity index (χ2v) is 6.68. The SMILES string of the molecule is CCc1cccc(C(=O)C2COCCN2C(=O)OC(C)(C)C)c1. The summed E-state index contributed by atoms with van der Waals surface area (Å²) in [4.78, 5) is 26.7. The molecule has 1 fully saturated rings. The Balaban J connectivity index is 2.20. The number of benzene rings is 1. The zero-order valence-electron chi connectivity index (χ0n) is 14.3. The van der Waals surface area contributed by atoms with Gasteiger partial charge in [0, 0.05) is 12.1 Å². The molecule has 0 saturated carbocycles. The van der Waals surface area contributed by atoms with Crippen LogP contribution in [0.4, 0.5) is 4.79 Å². The molecule has 5 nitrogen and oxygen atoms in total. The van der Waals surface area contributed by atoms with Crippen molar-refractivity contribution in [2.45, 2.75) is 45.8 Å². The molecular formula is C18H25NO4. The molecule has 1 aliphatic rings. The van der Waals surface area contributed by atoms with Crippen molar-refractivity contribution in [1.29, 1.82) is 0 Å². The van der Waals surface area contributed by atoms with E-state index in [1.807, 2.05) is 45.9 Å². The molecule has 126 valence electrons. The Kier molecular flexibility index (Phi) is 5.42. The topological polar surface area (TPSA) is 55.8 Å². The van der Waals surface area contributed by atoms with Gasteiger partial charge in [-0.1, -0.05) is 25.1 Å². The first-order valence-electron chi connectivity index (χ1n) is 8.02. The van der Waals surface area contributed by atoms with Crippen LogP contribution in [0, 0.1) is 0 Å². The number of nitrogens with zero attached hydrogens (tertiary/aromatic N) is 1. The summed E-state index contributed by atoms with van der Waals surface area (Å²) in [5.74, 6) is -0.106. The van der Waals surface area contributed by atoms with Gasteiger partial charge in [0.15, 0.2) is 5.78 Å². The van der Waals surface area contributed by atoms with E-state index in [9.17, 15) is 9.59 Å². The molecule has 5 heteroatoms. The van der Waals surface area contributed by atoms with Crippen molar-refractivity contribution in [2.75, 3.05) is 19.8 Å². The van der Waals surface area contributed by atoms with Gasteiger partial charge in [-0.3, -0.25) is 9.69 Å². The van der Waals surface area contributed by atoms with Crippen LogP contribution in [-0.4, -0.2) is 48.2 Å². The lowest BCUT2D eigenvalue weighted by Crippen LogP contribution is -2.53. The third-order valence-electron chi connectivity index (χ3n) is 3.68. The van der Waals surface area contributed by atoms with Crippen LogP contribution in [0.3, 0.4) is 0 Å². The fraction of sp³-hybridized carbons (Fsp3) is 0.556. The first kappa shape index (κ1) is 17.5. The molecular weight excluding hydrogens is 294 g/mol. The van der Waals surface area contributed by atoms with Crippen molar-refractivity contribution in [3.05, 3.63) is 35.4 Å².